The minimum absolute atomic E-state index is 0.0857. The van der Waals surface area contributed by atoms with Gasteiger partial charge >= 0.3 is 5.97 Å². The van der Waals surface area contributed by atoms with Crippen molar-refractivity contribution in [2.75, 3.05) is 26.8 Å². The van der Waals surface area contributed by atoms with Crippen LogP contribution in [0, 0.1) is 12.8 Å². The molecule has 3 aromatic rings. The van der Waals surface area contributed by atoms with Crippen molar-refractivity contribution in [2.24, 2.45) is 5.92 Å². The van der Waals surface area contributed by atoms with Gasteiger partial charge in [-0.2, -0.15) is 0 Å². The summed E-state index contributed by atoms with van der Waals surface area (Å²) < 4.78 is 16.7. The number of fused-ring (bicyclic) bond motifs is 1. The van der Waals surface area contributed by atoms with Crippen LogP contribution in [0.25, 0.3) is 22.1 Å². The molecule has 1 aromatic heterocycles. The first kappa shape index (κ1) is 22.9. The maximum atomic E-state index is 13.5. The fourth-order valence-corrected chi connectivity index (χ4v) is 4.54. The normalized spacial score (nSPS) is 15.0. The van der Waals surface area contributed by atoms with Gasteiger partial charge in [0.15, 0.2) is 0 Å². The predicted molar refractivity (Wildman–Crippen MR) is 126 cm³/mol. The van der Waals surface area contributed by atoms with Crippen molar-refractivity contribution in [3.63, 3.8) is 0 Å². The summed E-state index contributed by atoms with van der Waals surface area (Å²) in [5.41, 5.74) is 1.92. The molecule has 1 N–H and O–H groups in total. The van der Waals surface area contributed by atoms with Crippen LogP contribution in [0.5, 0.6) is 11.5 Å². The number of phenolic OH excluding ortho intramolecular Hbond substituents is 1. The highest BCUT2D eigenvalue weighted by atomic mass is 16.5. The average Bonchev–Trinajstić information content (AvgIpc) is 2.82. The quantitative estimate of drug-likeness (QED) is 0.560. The Hall–Kier alpha value is -3.32. The van der Waals surface area contributed by atoms with E-state index in [1.807, 2.05) is 25.1 Å². The lowest BCUT2D eigenvalue weighted by molar-refractivity contribution is -0.149. The number of carbonyl (C=O) groups is 1. The summed E-state index contributed by atoms with van der Waals surface area (Å²) >= 11 is 0. The highest BCUT2D eigenvalue weighted by molar-refractivity contribution is 5.87. The van der Waals surface area contributed by atoms with Gasteiger partial charge < -0.3 is 19.0 Å². The topological polar surface area (TPSA) is 89.2 Å². The number of benzene rings is 2. The number of likely N-dealkylation sites (tertiary alicyclic amines) is 1. The van der Waals surface area contributed by atoms with Crippen LogP contribution in [0.3, 0.4) is 0 Å². The third-order valence-corrected chi connectivity index (χ3v) is 6.28. The van der Waals surface area contributed by atoms with Gasteiger partial charge in [0.05, 0.1) is 36.1 Å². The molecule has 1 aliphatic rings. The molecule has 1 fully saturated rings. The van der Waals surface area contributed by atoms with E-state index in [0.29, 0.717) is 78.3 Å². The number of piperidine rings is 1. The fraction of sp³-hybridized carbons (Fsp3) is 0.385. The number of aromatic hydroxyl groups is 1. The fourth-order valence-electron chi connectivity index (χ4n) is 4.54. The molecule has 0 aliphatic carbocycles. The zero-order chi connectivity index (χ0) is 23.5. The second-order valence-electron chi connectivity index (χ2n) is 8.31. The summed E-state index contributed by atoms with van der Waals surface area (Å²) in [5, 5.41) is 11.0. The van der Waals surface area contributed by atoms with Gasteiger partial charge in [-0.1, -0.05) is 18.2 Å². The Balaban J connectivity index is 1.68. The molecule has 1 aliphatic heterocycles. The molecular weight excluding hydrogens is 422 g/mol. The summed E-state index contributed by atoms with van der Waals surface area (Å²) in [6, 6.07) is 10.5. The van der Waals surface area contributed by atoms with Gasteiger partial charge in [-0.15, -0.1) is 0 Å². The third kappa shape index (κ3) is 4.46. The van der Waals surface area contributed by atoms with Crippen molar-refractivity contribution in [3.05, 3.63) is 57.9 Å². The van der Waals surface area contributed by atoms with E-state index in [1.54, 1.807) is 32.2 Å². The van der Waals surface area contributed by atoms with Crippen molar-refractivity contribution in [1.29, 1.82) is 0 Å². The van der Waals surface area contributed by atoms with Crippen molar-refractivity contribution in [1.82, 2.24) is 4.90 Å². The second kappa shape index (κ2) is 9.67. The van der Waals surface area contributed by atoms with E-state index < -0.39 is 0 Å². The van der Waals surface area contributed by atoms with Crippen LogP contribution >= 0.6 is 0 Å². The van der Waals surface area contributed by atoms with Crippen molar-refractivity contribution >= 4 is 16.9 Å². The summed E-state index contributed by atoms with van der Waals surface area (Å²) in [6.07, 6.45) is 1.40. The van der Waals surface area contributed by atoms with Gasteiger partial charge in [0.25, 0.3) is 0 Å². The van der Waals surface area contributed by atoms with E-state index in [0.717, 1.165) is 0 Å². The standard InChI is InChI=1S/C26H29NO6/c1-4-32-26(30)17-11-13-27(14-12-17)15-20-21(28)10-9-19-24(29)23(16(2)33-25(19)20)18-7-5-6-8-22(18)31-3/h5-10,17,28H,4,11-15H2,1-3H3. The molecule has 2 heterocycles. The maximum Gasteiger partial charge on any atom is 0.309 e. The first-order valence-electron chi connectivity index (χ1n) is 11.2. The van der Waals surface area contributed by atoms with E-state index >= 15 is 0 Å². The molecule has 4 rings (SSSR count). The number of para-hydroxylation sites is 1. The molecule has 1 saturated heterocycles. The van der Waals surface area contributed by atoms with Crippen molar-refractivity contribution in [2.45, 2.75) is 33.2 Å². The molecule has 33 heavy (non-hydrogen) atoms. The van der Waals surface area contributed by atoms with Gasteiger partial charge in [-0.3, -0.25) is 14.5 Å². The van der Waals surface area contributed by atoms with Crippen LogP contribution in [0.4, 0.5) is 0 Å². The number of aryl methyl sites for hydroxylation is 1. The largest absolute Gasteiger partial charge is 0.507 e. The van der Waals surface area contributed by atoms with Gasteiger partial charge in [-0.25, -0.2) is 0 Å². The number of hydrogen-bond donors (Lipinski definition) is 1. The average molecular weight is 452 g/mol. The van der Waals surface area contributed by atoms with E-state index in [-0.39, 0.29) is 23.1 Å². The van der Waals surface area contributed by atoms with E-state index in [1.165, 1.54) is 0 Å². The molecule has 2 aromatic carbocycles. The highest BCUT2D eigenvalue weighted by Gasteiger charge is 2.27. The SMILES string of the molecule is CCOC(=O)C1CCN(Cc2c(O)ccc3c(=O)c(-c4ccccc4OC)c(C)oc23)CC1. The first-order chi connectivity index (χ1) is 15.9. The number of methoxy groups -OCH3 is 1. The number of phenols is 1. The Morgan fingerprint density at radius 2 is 1.91 bits per heavy atom. The van der Waals surface area contributed by atoms with E-state index in [2.05, 4.69) is 4.90 Å². The maximum absolute atomic E-state index is 13.5. The van der Waals surface area contributed by atoms with Gasteiger partial charge in [-0.05, 0) is 58.0 Å². The number of carbonyl (C=O) groups excluding carboxylic acids is 1. The molecule has 0 radical (unpaired) electrons. The molecule has 0 amide bonds. The smallest absolute Gasteiger partial charge is 0.309 e. The Morgan fingerprint density at radius 3 is 2.61 bits per heavy atom. The summed E-state index contributed by atoms with van der Waals surface area (Å²) in [5.74, 6) is 0.907. The molecule has 0 bridgehead atoms. The number of ether oxygens (including phenoxy) is 2. The highest BCUT2D eigenvalue weighted by Crippen LogP contribution is 2.34. The Labute approximate surface area is 192 Å². The Morgan fingerprint density at radius 1 is 1.18 bits per heavy atom. The molecule has 0 unspecified atom stereocenters. The molecular formula is C26H29NO6. The molecule has 0 spiro atoms. The molecule has 0 saturated carbocycles. The Kier molecular flexibility index (Phi) is 6.70. The summed E-state index contributed by atoms with van der Waals surface area (Å²) in [7, 11) is 1.57. The first-order valence-corrected chi connectivity index (χ1v) is 11.2. The van der Waals surface area contributed by atoms with Gasteiger partial charge in [0.1, 0.15) is 22.8 Å². The molecule has 7 heteroatoms. The van der Waals surface area contributed by atoms with Crippen LogP contribution in [0.2, 0.25) is 0 Å². The van der Waals surface area contributed by atoms with Crippen LogP contribution < -0.4 is 10.2 Å². The lowest BCUT2D eigenvalue weighted by Gasteiger charge is -2.31. The minimum atomic E-state index is -0.166. The Bertz CT molecular complexity index is 1220. The van der Waals surface area contributed by atoms with Gasteiger partial charge in [0.2, 0.25) is 5.43 Å². The summed E-state index contributed by atoms with van der Waals surface area (Å²) in [4.78, 5) is 27.7. The molecule has 7 nitrogen and oxygen atoms in total. The molecule has 174 valence electrons. The minimum Gasteiger partial charge on any atom is -0.507 e. The predicted octanol–water partition coefficient (Wildman–Crippen LogP) is 4.26. The number of esters is 1. The van der Waals surface area contributed by atoms with Crippen LogP contribution in [-0.4, -0.2) is 42.8 Å². The molecule has 0 atom stereocenters. The zero-order valence-corrected chi connectivity index (χ0v) is 19.2. The number of hydrogen-bond acceptors (Lipinski definition) is 7. The van der Waals surface area contributed by atoms with Gasteiger partial charge in [0, 0.05) is 12.1 Å². The third-order valence-electron chi connectivity index (χ3n) is 6.28. The zero-order valence-electron chi connectivity index (χ0n) is 19.2. The summed E-state index contributed by atoms with van der Waals surface area (Å²) in [6.45, 7) is 5.77. The monoisotopic (exact) mass is 451 g/mol. The van der Waals surface area contributed by atoms with Crippen molar-refractivity contribution in [3.8, 4) is 22.6 Å². The van der Waals surface area contributed by atoms with Crippen LogP contribution in [0.1, 0.15) is 31.1 Å². The van der Waals surface area contributed by atoms with Crippen LogP contribution in [0.15, 0.2) is 45.6 Å². The lowest BCUT2D eigenvalue weighted by atomic mass is 9.96. The second-order valence-corrected chi connectivity index (χ2v) is 8.31. The number of nitrogens with zero attached hydrogens (tertiary/aromatic N) is 1. The lowest BCUT2D eigenvalue weighted by Crippen LogP contribution is -2.36. The van der Waals surface area contributed by atoms with Crippen molar-refractivity contribution < 1.29 is 23.8 Å². The van der Waals surface area contributed by atoms with Crippen LogP contribution in [-0.2, 0) is 16.1 Å². The van der Waals surface area contributed by atoms with E-state index in [9.17, 15) is 14.7 Å². The number of rotatable bonds is 6. The van der Waals surface area contributed by atoms with E-state index in [4.69, 9.17) is 13.9 Å².